The van der Waals surface area contributed by atoms with Crippen LogP contribution in [0, 0.1) is 5.41 Å². The van der Waals surface area contributed by atoms with E-state index >= 15 is 0 Å². The molecule has 0 saturated heterocycles. The van der Waals surface area contributed by atoms with Gasteiger partial charge in [-0.25, -0.2) is 13.1 Å². The summed E-state index contributed by atoms with van der Waals surface area (Å²) in [5, 5.41) is 11.1. The zero-order chi connectivity index (χ0) is 13.0. The number of carbonyl (C=O) groups is 2. The molecule has 0 aromatic carbocycles. The van der Waals surface area contributed by atoms with Gasteiger partial charge in [-0.2, -0.15) is 0 Å². The van der Waals surface area contributed by atoms with Crippen molar-refractivity contribution in [1.29, 1.82) is 0 Å². The minimum atomic E-state index is -3.29. The number of sulfonamides is 1. The predicted molar refractivity (Wildman–Crippen MR) is 57.3 cm³/mol. The Balaban J connectivity index is 4.06. The Labute approximate surface area is 94.3 Å². The monoisotopic (exact) mass is 252 g/mol. The van der Waals surface area contributed by atoms with Gasteiger partial charge < -0.3 is 10.4 Å². The quantitative estimate of drug-likeness (QED) is 0.404. The topological polar surface area (TPSA) is 113 Å². The molecule has 0 aliphatic heterocycles. The molecule has 0 unspecified atom stereocenters. The lowest BCUT2D eigenvalue weighted by Gasteiger charge is -2.18. The second-order valence-electron chi connectivity index (χ2n) is 3.85. The van der Waals surface area contributed by atoms with Crippen LogP contribution in [0.5, 0.6) is 0 Å². The van der Waals surface area contributed by atoms with E-state index in [2.05, 4.69) is 10.0 Å². The number of carboxylic acids is 1. The summed E-state index contributed by atoms with van der Waals surface area (Å²) in [4.78, 5) is 22.0. The molecule has 1 amide bonds. The maximum atomic E-state index is 11.4. The first-order valence-electron chi connectivity index (χ1n) is 4.53. The lowest BCUT2D eigenvalue weighted by molar-refractivity contribution is -0.153. The summed E-state index contributed by atoms with van der Waals surface area (Å²) < 4.78 is 23.5. The van der Waals surface area contributed by atoms with Gasteiger partial charge in [0, 0.05) is 13.1 Å². The summed E-state index contributed by atoms with van der Waals surface area (Å²) in [6.07, 6.45) is 0.996. The van der Waals surface area contributed by atoms with Gasteiger partial charge in [-0.1, -0.05) is 0 Å². The second kappa shape index (κ2) is 5.26. The van der Waals surface area contributed by atoms with Crippen molar-refractivity contribution in [3.05, 3.63) is 0 Å². The third-order valence-electron chi connectivity index (χ3n) is 1.88. The zero-order valence-electron chi connectivity index (χ0n) is 9.40. The summed E-state index contributed by atoms with van der Waals surface area (Å²) in [7, 11) is -3.29. The summed E-state index contributed by atoms with van der Waals surface area (Å²) in [5.41, 5.74) is -1.52. The van der Waals surface area contributed by atoms with Gasteiger partial charge in [0.05, 0.1) is 6.26 Å². The molecule has 8 heteroatoms. The van der Waals surface area contributed by atoms with Gasteiger partial charge >= 0.3 is 5.97 Å². The molecule has 0 aromatic heterocycles. The fourth-order valence-electron chi connectivity index (χ4n) is 0.731. The van der Waals surface area contributed by atoms with Crippen LogP contribution in [0.3, 0.4) is 0 Å². The van der Waals surface area contributed by atoms with Crippen LogP contribution in [-0.2, 0) is 19.6 Å². The van der Waals surface area contributed by atoms with Crippen molar-refractivity contribution in [2.45, 2.75) is 13.8 Å². The molecule has 0 radical (unpaired) electrons. The van der Waals surface area contributed by atoms with Crippen molar-refractivity contribution in [2.24, 2.45) is 5.41 Å². The fraction of sp³-hybridized carbons (Fsp3) is 0.750. The van der Waals surface area contributed by atoms with E-state index < -0.39 is 27.3 Å². The molecule has 0 heterocycles. The lowest BCUT2D eigenvalue weighted by Crippen LogP contribution is -2.44. The maximum absolute atomic E-state index is 11.4. The van der Waals surface area contributed by atoms with Gasteiger partial charge in [-0.15, -0.1) is 0 Å². The number of hydrogen-bond acceptors (Lipinski definition) is 4. The van der Waals surface area contributed by atoms with Gasteiger partial charge in [-0.3, -0.25) is 9.59 Å². The van der Waals surface area contributed by atoms with Gasteiger partial charge in [0.1, 0.15) is 5.41 Å². The summed E-state index contributed by atoms with van der Waals surface area (Å²) >= 11 is 0. The molecule has 0 aromatic rings. The highest BCUT2D eigenvalue weighted by molar-refractivity contribution is 7.88. The first kappa shape index (κ1) is 14.8. The van der Waals surface area contributed by atoms with E-state index in [1.807, 2.05) is 0 Å². The van der Waals surface area contributed by atoms with Crippen molar-refractivity contribution in [3.63, 3.8) is 0 Å². The standard InChI is InChI=1S/C8H16N2O5S/c1-8(2,7(12)13)6(11)9-4-5-10-16(3,14)15/h10H,4-5H2,1-3H3,(H,9,11)(H,12,13). The van der Waals surface area contributed by atoms with E-state index in [0.717, 1.165) is 6.26 Å². The summed E-state index contributed by atoms with van der Waals surface area (Å²) in [6, 6.07) is 0. The van der Waals surface area contributed by atoms with Crippen LogP contribution in [0.1, 0.15) is 13.8 Å². The number of carbonyl (C=O) groups excluding carboxylic acids is 1. The summed E-state index contributed by atoms with van der Waals surface area (Å²) in [5.74, 6) is -1.89. The van der Waals surface area contributed by atoms with E-state index in [-0.39, 0.29) is 13.1 Å². The Morgan fingerprint density at radius 1 is 1.25 bits per heavy atom. The van der Waals surface area contributed by atoms with E-state index in [1.54, 1.807) is 0 Å². The van der Waals surface area contributed by atoms with Gasteiger partial charge in [0.15, 0.2) is 0 Å². The van der Waals surface area contributed by atoms with Crippen molar-refractivity contribution in [3.8, 4) is 0 Å². The number of aliphatic carboxylic acids is 1. The van der Waals surface area contributed by atoms with Crippen molar-refractivity contribution < 1.29 is 23.1 Å². The Morgan fingerprint density at radius 2 is 1.75 bits per heavy atom. The number of amides is 1. The Morgan fingerprint density at radius 3 is 2.12 bits per heavy atom. The Bertz CT molecular complexity index is 374. The minimum absolute atomic E-state index is 0.0280. The highest BCUT2D eigenvalue weighted by Crippen LogP contribution is 2.14. The Kier molecular flexibility index (Phi) is 4.88. The fourth-order valence-corrected chi connectivity index (χ4v) is 1.20. The van der Waals surface area contributed by atoms with Crippen molar-refractivity contribution in [1.82, 2.24) is 10.0 Å². The van der Waals surface area contributed by atoms with Crippen molar-refractivity contribution >= 4 is 21.9 Å². The molecule has 3 N–H and O–H groups in total. The first-order valence-corrected chi connectivity index (χ1v) is 6.43. The molecular formula is C8H16N2O5S. The van der Waals surface area contributed by atoms with E-state index in [9.17, 15) is 18.0 Å². The molecule has 94 valence electrons. The largest absolute Gasteiger partial charge is 0.480 e. The van der Waals surface area contributed by atoms with Gasteiger partial charge in [0.25, 0.3) is 0 Å². The molecular weight excluding hydrogens is 236 g/mol. The molecule has 0 atom stereocenters. The molecule has 0 saturated carbocycles. The van der Waals surface area contributed by atoms with Crippen LogP contribution in [-0.4, -0.2) is 44.7 Å². The van der Waals surface area contributed by atoms with E-state index in [0.29, 0.717) is 0 Å². The van der Waals surface area contributed by atoms with Crippen LogP contribution in [0.4, 0.5) is 0 Å². The second-order valence-corrected chi connectivity index (χ2v) is 5.69. The minimum Gasteiger partial charge on any atom is -0.480 e. The molecule has 0 spiro atoms. The third kappa shape index (κ3) is 5.08. The maximum Gasteiger partial charge on any atom is 0.318 e. The normalized spacial score (nSPS) is 12.2. The van der Waals surface area contributed by atoms with Gasteiger partial charge in [0.2, 0.25) is 15.9 Å². The molecule has 16 heavy (non-hydrogen) atoms. The third-order valence-corrected chi connectivity index (χ3v) is 2.61. The highest BCUT2D eigenvalue weighted by Gasteiger charge is 2.35. The van der Waals surface area contributed by atoms with E-state index in [4.69, 9.17) is 5.11 Å². The molecule has 0 rings (SSSR count). The van der Waals surface area contributed by atoms with Crippen LogP contribution in [0.15, 0.2) is 0 Å². The average Bonchev–Trinajstić information content (AvgIpc) is 2.10. The van der Waals surface area contributed by atoms with Crippen LogP contribution >= 0.6 is 0 Å². The molecule has 0 aliphatic carbocycles. The van der Waals surface area contributed by atoms with Crippen LogP contribution in [0.2, 0.25) is 0 Å². The predicted octanol–water partition coefficient (Wildman–Crippen LogP) is -1.24. The first-order chi connectivity index (χ1) is 7.07. The average molecular weight is 252 g/mol. The SMILES string of the molecule is CC(C)(C(=O)O)C(=O)NCCNS(C)(=O)=O. The molecule has 0 bridgehead atoms. The number of hydrogen-bond donors (Lipinski definition) is 3. The highest BCUT2D eigenvalue weighted by atomic mass is 32.2. The summed E-state index contributed by atoms with van der Waals surface area (Å²) in [6.45, 7) is 2.62. The number of nitrogens with one attached hydrogen (secondary N) is 2. The number of carboxylic acid groups (broad SMARTS) is 1. The molecule has 0 fully saturated rings. The van der Waals surface area contributed by atoms with Gasteiger partial charge in [-0.05, 0) is 13.8 Å². The Hall–Kier alpha value is -1.15. The van der Waals surface area contributed by atoms with Crippen molar-refractivity contribution in [2.75, 3.05) is 19.3 Å². The molecule has 0 aliphatic rings. The number of rotatable bonds is 6. The van der Waals surface area contributed by atoms with Crippen LogP contribution < -0.4 is 10.0 Å². The van der Waals surface area contributed by atoms with E-state index in [1.165, 1.54) is 13.8 Å². The van der Waals surface area contributed by atoms with Crippen LogP contribution in [0.25, 0.3) is 0 Å². The zero-order valence-corrected chi connectivity index (χ0v) is 10.2. The lowest BCUT2D eigenvalue weighted by atomic mass is 9.93. The molecule has 7 nitrogen and oxygen atoms in total. The smallest absolute Gasteiger partial charge is 0.318 e.